The van der Waals surface area contributed by atoms with Gasteiger partial charge in [-0.15, -0.1) is 11.3 Å². The van der Waals surface area contributed by atoms with Crippen molar-refractivity contribution in [2.24, 2.45) is 4.99 Å². The summed E-state index contributed by atoms with van der Waals surface area (Å²) in [6.45, 7) is 5.41. The Bertz CT molecular complexity index is 1170. The SMILES string of the molecule is COCCNC(=O)NCCCn1c(-c2ccc(N3CCOCC3)cc2)cs/c1=N\c1ccc(F)cc1. The summed E-state index contributed by atoms with van der Waals surface area (Å²) in [5.74, 6) is -0.288. The fourth-order valence-electron chi connectivity index (χ4n) is 3.92. The molecule has 10 heteroatoms. The van der Waals surface area contributed by atoms with Gasteiger partial charge in [-0.25, -0.2) is 14.2 Å². The number of aromatic nitrogens is 1. The van der Waals surface area contributed by atoms with Crippen molar-refractivity contribution in [3.63, 3.8) is 0 Å². The Morgan fingerprint density at radius 1 is 1.08 bits per heavy atom. The first kappa shape index (κ1) is 25.9. The molecule has 36 heavy (non-hydrogen) atoms. The molecule has 1 aromatic heterocycles. The number of morpholine rings is 1. The van der Waals surface area contributed by atoms with Crippen LogP contribution in [0, 0.1) is 5.82 Å². The number of amides is 2. The molecule has 3 aromatic rings. The van der Waals surface area contributed by atoms with Gasteiger partial charge in [-0.2, -0.15) is 0 Å². The number of urea groups is 1. The van der Waals surface area contributed by atoms with Gasteiger partial charge in [0.2, 0.25) is 0 Å². The third kappa shape index (κ3) is 7.16. The lowest BCUT2D eigenvalue weighted by atomic mass is 10.1. The van der Waals surface area contributed by atoms with E-state index < -0.39 is 0 Å². The second-order valence-corrected chi connectivity index (χ2v) is 9.16. The van der Waals surface area contributed by atoms with Crippen LogP contribution in [0.3, 0.4) is 0 Å². The van der Waals surface area contributed by atoms with Gasteiger partial charge in [-0.1, -0.05) is 12.1 Å². The minimum absolute atomic E-state index is 0.211. The van der Waals surface area contributed by atoms with Crippen molar-refractivity contribution in [2.45, 2.75) is 13.0 Å². The fourth-order valence-corrected chi connectivity index (χ4v) is 4.88. The van der Waals surface area contributed by atoms with Crippen molar-refractivity contribution in [3.8, 4) is 11.3 Å². The first-order valence-corrected chi connectivity index (χ1v) is 12.9. The topological polar surface area (TPSA) is 80.1 Å². The first-order valence-electron chi connectivity index (χ1n) is 12.1. The second-order valence-electron chi connectivity index (χ2n) is 8.32. The molecule has 0 atom stereocenters. The number of carbonyl (C=O) groups is 1. The molecule has 0 saturated carbocycles. The highest BCUT2D eigenvalue weighted by atomic mass is 32.1. The number of hydrogen-bond donors (Lipinski definition) is 2. The van der Waals surface area contributed by atoms with E-state index >= 15 is 0 Å². The van der Waals surface area contributed by atoms with Gasteiger partial charge in [0.05, 0.1) is 31.2 Å². The van der Waals surface area contributed by atoms with Gasteiger partial charge >= 0.3 is 6.03 Å². The zero-order valence-electron chi connectivity index (χ0n) is 20.4. The van der Waals surface area contributed by atoms with Gasteiger partial charge in [0.15, 0.2) is 4.80 Å². The van der Waals surface area contributed by atoms with Gasteiger partial charge in [0, 0.05) is 50.9 Å². The molecule has 2 heterocycles. The fraction of sp³-hybridized carbons (Fsp3) is 0.385. The number of nitrogens with zero attached hydrogens (tertiary/aromatic N) is 3. The number of benzene rings is 2. The van der Waals surface area contributed by atoms with Crippen LogP contribution in [0.15, 0.2) is 58.9 Å². The van der Waals surface area contributed by atoms with Crippen LogP contribution in [0.1, 0.15) is 6.42 Å². The average Bonchev–Trinajstić information content (AvgIpc) is 3.31. The summed E-state index contributed by atoms with van der Waals surface area (Å²) in [7, 11) is 1.60. The molecule has 192 valence electrons. The number of thiazole rings is 1. The summed E-state index contributed by atoms with van der Waals surface area (Å²) in [6, 6.07) is 14.5. The number of halogens is 1. The van der Waals surface area contributed by atoms with Crippen molar-refractivity contribution < 1.29 is 18.7 Å². The van der Waals surface area contributed by atoms with Gasteiger partial charge < -0.3 is 29.6 Å². The van der Waals surface area contributed by atoms with Crippen molar-refractivity contribution >= 4 is 28.7 Å². The van der Waals surface area contributed by atoms with Crippen LogP contribution >= 0.6 is 11.3 Å². The summed E-state index contributed by atoms with van der Waals surface area (Å²) in [4.78, 5) is 19.8. The summed E-state index contributed by atoms with van der Waals surface area (Å²) in [5.41, 5.74) is 4.02. The van der Waals surface area contributed by atoms with Crippen molar-refractivity contribution in [2.75, 3.05) is 58.0 Å². The van der Waals surface area contributed by atoms with Crippen molar-refractivity contribution in [1.82, 2.24) is 15.2 Å². The van der Waals surface area contributed by atoms with Crippen LogP contribution in [0.4, 0.5) is 20.6 Å². The normalized spacial score (nSPS) is 14.2. The van der Waals surface area contributed by atoms with E-state index in [1.807, 2.05) is 0 Å². The van der Waals surface area contributed by atoms with E-state index in [9.17, 15) is 9.18 Å². The maximum absolute atomic E-state index is 13.4. The molecule has 1 saturated heterocycles. The number of methoxy groups -OCH3 is 1. The van der Waals surface area contributed by atoms with E-state index in [1.165, 1.54) is 17.8 Å². The van der Waals surface area contributed by atoms with Crippen molar-refractivity contribution in [1.29, 1.82) is 0 Å². The molecule has 2 aromatic carbocycles. The minimum Gasteiger partial charge on any atom is -0.383 e. The molecular formula is C26H32FN5O3S. The van der Waals surface area contributed by atoms with Gasteiger partial charge in [-0.05, 0) is 48.4 Å². The highest BCUT2D eigenvalue weighted by Gasteiger charge is 2.13. The van der Waals surface area contributed by atoms with Gasteiger partial charge in [0.1, 0.15) is 5.82 Å². The van der Waals surface area contributed by atoms with Crippen LogP contribution in [0.25, 0.3) is 11.3 Å². The first-order chi connectivity index (χ1) is 17.6. The number of ether oxygens (including phenoxy) is 2. The van der Waals surface area contributed by atoms with E-state index in [0.717, 1.165) is 48.8 Å². The number of hydrogen-bond acceptors (Lipinski definition) is 6. The highest BCUT2D eigenvalue weighted by molar-refractivity contribution is 7.07. The Morgan fingerprint density at radius 2 is 1.81 bits per heavy atom. The largest absolute Gasteiger partial charge is 0.383 e. The monoisotopic (exact) mass is 513 g/mol. The van der Waals surface area contributed by atoms with Crippen LogP contribution in [-0.2, 0) is 16.0 Å². The third-order valence-corrected chi connectivity index (χ3v) is 6.69. The molecule has 0 bridgehead atoms. The lowest BCUT2D eigenvalue weighted by molar-refractivity contribution is 0.122. The standard InChI is InChI=1S/C26H32FN5O3S/c1-34-16-12-29-25(33)28-11-2-13-32-24(19-36-26(32)30-22-7-5-21(27)6-8-22)20-3-9-23(10-4-20)31-14-17-35-18-15-31/h3-10,19H,2,11-18H2,1H3,(H2,28,29,33)/b30-26-. The zero-order chi connectivity index (χ0) is 25.2. The summed E-state index contributed by atoms with van der Waals surface area (Å²) >= 11 is 1.54. The molecule has 1 aliphatic rings. The minimum atomic E-state index is -0.288. The maximum Gasteiger partial charge on any atom is 0.314 e. The number of nitrogens with one attached hydrogen (secondary N) is 2. The molecule has 4 rings (SSSR count). The Kier molecular flexibility index (Phi) is 9.48. The van der Waals surface area contributed by atoms with Crippen LogP contribution in [0.5, 0.6) is 0 Å². The smallest absolute Gasteiger partial charge is 0.314 e. The molecule has 0 spiro atoms. The Balaban J connectivity index is 1.51. The van der Waals surface area contributed by atoms with Crippen molar-refractivity contribution in [3.05, 3.63) is 64.5 Å². The Hall–Kier alpha value is -3.21. The third-order valence-electron chi connectivity index (χ3n) is 5.82. The number of carbonyl (C=O) groups excluding carboxylic acids is 1. The molecule has 1 fully saturated rings. The van der Waals surface area contributed by atoms with Crippen LogP contribution in [-0.4, -0.2) is 63.7 Å². The van der Waals surface area contributed by atoms with E-state index in [-0.39, 0.29) is 11.8 Å². The van der Waals surface area contributed by atoms with Gasteiger partial charge in [-0.3, -0.25) is 0 Å². The maximum atomic E-state index is 13.4. The molecule has 1 aliphatic heterocycles. The lowest BCUT2D eigenvalue weighted by Crippen LogP contribution is -2.38. The molecule has 0 radical (unpaired) electrons. The summed E-state index contributed by atoms with van der Waals surface area (Å²) < 4.78 is 25.9. The molecular weight excluding hydrogens is 481 g/mol. The van der Waals surface area contributed by atoms with E-state index in [1.54, 1.807) is 30.6 Å². The zero-order valence-corrected chi connectivity index (χ0v) is 21.2. The molecule has 8 nitrogen and oxygen atoms in total. The lowest BCUT2D eigenvalue weighted by Gasteiger charge is -2.28. The van der Waals surface area contributed by atoms with Crippen LogP contribution in [0.2, 0.25) is 0 Å². The molecule has 0 unspecified atom stereocenters. The highest BCUT2D eigenvalue weighted by Crippen LogP contribution is 2.25. The summed E-state index contributed by atoms with van der Waals surface area (Å²) in [6.07, 6.45) is 0.726. The predicted molar refractivity (Wildman–Crippen MR) is 140 cm³/mol. The molecule has 0 aliphatic carbocycles. The Labute approximate surface area is 214 Å². The number of anilines is 1. The predicted octanol–water partition coefficient (Wildman–Crippen LogP) is 3.76. The second kappa shape index (κ2) is 13.2. The van der Waals surface area contributed by atoms with E-state index in [0.29, 0.717) is 31.9 Å². The summed E-state index contributed by atoms with van der Waals surface area (Å²) in [5, 5.41) is 7.73. The quantitative estimate of drug-likeness (QED) is 0.405. The van der Waals surface area contributed by atoms with Gasteiger partial charge in [0.25, 0.3) is 0 Å². The molecule has 2 N–H and O–H groups in total. The van der Waals surface area contributed by atoms with E-state index in [2.05, 4.69) is 49.7 Å². The number of rotatable bonds is 10. The Morgan fingerprint density at radius 3 is 2.53 bits per heavy atom. The average molecular weight is 514 g/mol. The molecule has 2 amide bonds. The van der Waals surface area contributed by atoms with E-state index in [4.69, 9.17) is 14.5 Å². The van der Waals surface area contributed by atoms with Crippen LogP contribution < -0.4 is 20.3 Å².